The maximum atomic E-state index is 11.0. The Balaban J connectivity index is 0. The van der Waals surface area contributed by atoms with E-state index in [2.05, 4.69) is 6.92 Å². The molecule has 0 heterocycles. The summed E-state index contributed by atoms with van der Waals surface area (Å²) in [7, 11) is -4.37. The molecule has 0 aliphatic heterocycles. The second kappa shape index (κ2) is 11.7. The molecule has 0 radical (unpaired) electrons. The molecular formula is C12H25NaO4S. The molecule has 2 atom stereocenters. The van der Waals surface area contributed by atoms with Gasteiger partial charge in [0.15, 0.2) is 0 Å². The van der Waals surface area contributed by atoms with Crippen molar-refractivity contribution >= 4 is 10.1 Å². The molecule has 0 aliphatic carbocycles. The van der Waals surface area contributed by atoms with Crippen molar-refractivity contribution in [2.75, 3.05) is 0 Å². The van der Waals surface area contributed by atoms with E-state index in [0.717, 1.165) is 19.3 Å². The molecule has 104 valence electrons. The maximum absolute atomic E-state index is 11.0. The summed E-state index contributed by atoms with van der Waals surface area (Å²) < 4.78 is 32.9. The van der Waals surface area contributed by atoms with E-state index in [1.807, 2.05) is 0 Å². The number of hydrogen-bond donors (Lipinski definition) is 1. The van der Waals surface area contributed by atoms with Crippen LogP contribution in [0.1, 0.15) is 65.2 Å². The van der Waals surface area contributed by atoms with Crippen LogP contribution in [0, 0.1) is 0 Å². The van der Waals surface area contributed by atoms with Gasteiger partial charge in [0.25, 0.3) is 0 Å². The Bertz CT molecular complexity index is 280. The van der Waals surface area contributed by atoms with E-state index in [9.17, 15) is 18.1 Å². The number of unbranched alkanes of at least 4 members (excludes halogenated alkanes) is 5. The number of aliphatic hydroxyl groups is 1. The van der Waals surface area contributed by atoms with E-state index in [-0.39, 0.29) is 36.0 Å². The molecule has 1 N–H and O–H groups in total. The number of rotatable bonds is 10. The van der Waals surface area contributed by atoms with Crippen molar-refractivity contribution in [1.29, 1.82) is 0 Å². The minimum atomic E-state index is -4.37. The maximum Gasteiger partial charge on any atom is 1.00 e. The number of hydrogen-bond acceptors (Lipinski definition) is 4. The molecule has 0 rings (SSSR count). The molecule has 0 aliphatic rings. The van der Waals surface area contributed by atoms with Gasteiger partial charge in [0.05, 0.1) is 11.4 Å². The minimum absolute atomic E-state index is 0. The Morgan fingerprint density at radius 1 is 1.06 bits per heavy atom. The van der Waals surface area contributed by atoms with Crippen LogP contribution in [0.4, 0.5) is 0 Å². The standard InChI is InChI=1S/C12H26O4S.Na/c1-3-5-6-7-8-9-10-12(11(13)4-2)17(14,15)16;/h11-13H,3-10H2,1-2H3,(H,14,15,16);/q;+1/p-1. The molecule has 6 heteroatoms. The predicted molar refractivity (Wildman–Crippen MR) is 67.8 cm³/mol. The van der Waals surface area contributed by atoms with Crippen LogP contribution in [0.25, 0.3) is 0 Å². The van der Waals surface area contributed by atoms with Crippen LogP contribution in [0.5, 0.6) is 0 Å². The van der Waals surface area contributed by atoms with Gasteiger partial charge in [-0.05, 0) is 12.8 Å². The van der Waals surface area contributed by atoms with Crippen molar-refractivity contribution in [3.8, 4) is 0 Å². The second-order valence-corrected chi connectivity index (χ2v) is 6.15. The van der Waals surface area contributed by atoms with Crippen molar-refractivity contribution in [2.24, 2.45) is 0 Å². The first-order valence-electron chi connectivity index (χ1n) is 6.56. The second-order valence-electron chi connectivity index (χ2n) is 4.56. The Labute approximate surface area is 134 Å². The normalized spacial score (nSPS) is 14.9. The number of aliphatic hydroxyl groups excluding tert-OH is 1. The predicted octanol–water partition coefficient (Wildman–Crippen LogP) is -0.574. The van der Waals surface area contributed by atoms with Crippen LogP contribution in [0.15, 0.2) is 0 Å². The van der Waals surface area contributed by atoms with Gasteiger partial charge in [-0.2, -0.15) is 0 Å². The summed E-state index contributed by atoms with van der Waals surface area (Å²) in [5.74, 6) is 0. The van der Waals surface area contributed by atoms with Gasteiger partial charge in [-0.15, -0.1) is 0 Å². The summed E-state index contributed by atoms with van der Waals surface area (Å²) in [6.07, 6.45) is 5.80. The fourth-order valence-electron chi connectivity index (χ4n) is 1.92. The molecule has 18 heavy (non-hydrogen) atoms. The van der Waals surface area contributed by atoms with E-state index < -0.39 is 21.5 Å². The van der Waals surface area contributed by atoms with Gasteiger partial charge in [-0.1, -0.05) is 52.4 Å². The zero-order chi connectivity index (χ0) is 13.3. The molecule has 0 bridgehead atoms. The molecule has 4 nitrogen and oxygen atoms in total. The third kappa shape index (κ3) is 9.75. The first-order chi connectivity index (χ1) is 7.93. The van der Waals surface area contributed by atoms with Crippen molar-refractivity contribution in [3.63, 3.8) is 0 Å². The summed E-state index contributed by atoms with van der Waals surface area (Å²) >= 11 is 0. The van der Waals surface area contributed by atoms with Crippen LogP contribution in [0.2, 0.25) is 0 Å². The van der Waals surface area contributed by atoms with Crippen molar-refractivity contribution in [1.82, 2.24) is 0 Å². The average molecular weight is 288 g/mol. The largest absolute Gasteiger partial charge is 1.00 e. The van der Waals surface area contributed by atoms with E-state index >= 15 is 0 Å². The zero-order valence-corrected chi connectivity index (χ0v) is 14.7. The van der Waals surface area contributed by atoms with Crippen LogP contribution < -0.4 is 29.6 Å². The van der Waals surface area contributed by atoms with E-state index in [4.69, 9.17) is 0 Å². The van der Waals surface area contributed by atoms with E-state index in [0.29, 0.717) is 12.8 Å². The van der Waals surface area contributed by atoms with Crippen LogP contribution in [0.3, 0.4) is 0 Å². The Kier molecular flexibility index (Phi) is 13.7. The third-order valence-corrected chi connectivity index (χ3v) is 4.35. The molecule has 0 aromatic carbocycles. The summed E-state index contributed by atoms with van der Waals surface area (Å²) in [5, 5.41) is 8.39. The first-order valence-corrected chi connectivity index (χ1v) is 8.03. The molecule has 0 aromatic rings. The van der Waals surface area contributed by atoms with Crippen LogP contribution in [-0.4, -0.2) is 29.4 Å². The van der Waals surface area contributed by atoms with Crippen molar-refractivity contribution < 1.29 is 47.6 Å². The van der Waals surface area contributed by atoms with Gasteiger partial charge in [-0.3, -0.25) is 0 Å². The first kappa shape index (κ1) is 21.2. The summed E-state index contributed by atoms with van der Waals surface area (Å²) in [6.45, 7) is 3.82. The van der Waals surface area contributed by atoms with Gasteiger partial charge < -0.3 is 9.66 Å². The van der Waals surface area contributed by atoms with Gasteiger partial charge in [-0.25, -0.2) is 8.42 Å². The average Bonchev–Trinajstić information content (AvgIpc) is 2.25. The summed E-state index contributed by atoms with van der Waals surface area (Å²) in [5.41, 5.74) is 0. The molecule has 0 aromatic heterocycles. The SMILES string of the molecule is CCCCCCCCC(C(O)CC)S(=O)(=O)[O-].[Na+]. The zero-order valence-electron chi connectivity index (χ0n) is 11.9. The minimum Gasteiger partial charge on any atom is -0.748 e. The molecule has 0 saturated carbocycles. The van der Waals surface area contributed by atoms with Crippen LogP contribution in [-0.2, 0) is 10.1 Å². The fraction of sp³-hybridized carbons (Fsp3) is 1.00. The molecular weight excluding hydrogens is 263 g/mol. The topological polar surface area (TPSA) is 77.4 Å². The van der Waals surface area contributed by atoms with Crippen LogP contribution >= 0.6 is 0 Å². The summed E-state index contributed by atoms with van der Waals surface area (Å²) in [6, 6.07) is 0. The quantitative estimate of drug-likeness (QED) is 0.332. The Morgan fingerprint density at radius 3 is 2.00 bits per heavy atom. The monoisotopic (exact) mass is 288 g/mol. The van der Waals surface area contributed by atoms with Gasteiger partial charge in [0.1, 0.15) is 10.1 Å². The Hall–Kier alpha value is 0.870. The molecule has 0 saturated heterocycles. The molecule has 0 spiro atoms. The van der Waals surface area contributed by atoms with Gasteiger partial charge in [0, 0.05) is 0 Å². The van der Waals surface area contributed by atoms with Crippen molar-refractivity contribution in [3.05, 3.63) is 0 Å². The molecule has 2 unspecified atom stereocenters. The Morgan fingerprint density at radius 2 is 1.56 bits per heavy atom. The molecule has 0 amide bonds. The third-order valence-electron chi connectivity index (χ3n) is 3.06. The summed E-state index contributed by atoms with van der Waals surface area (Å²) in [4.78, 5) is 0. The van der Waals surface area contributed by atoms with E-state index in [1.54, 1.807) is 6.92 Å². The van der Waals surface area contributed by atoms with Gasteiger partial charge >= 0.3 is 29.6 Å². The van der Waals surface area contributed by atoms with Gasteiger partial charge in [0.2, 0.25) is 0 Å². The molecule has 0 fully saturated rings. The van der Waals surface area contributed by atoms with Crippen molar-refractivity contribution in [2.45, 2.75) is 76.6 Å². The smallest absolute Gasteiger partial charge is 0.748 e. The van der Waals surface area contributed by atoms with E-state index in [1.165, 1.54) is 12.8 Å². The fourth-order valence-corrected chi connectivity index (χ4v) is 2.95.